The lowest BCUT2D eigenvalue weighted by Gasteiger charge is -2.10. The minimum Gasteiger partial charge on any atom is -0.273 e. The maximum Gasteiger partial charge on any atom is 0.260 e. The van der Waals surface area contributed by atoms with Gasteiger partial charge in [-0.05, 0) is 37.6 Å². The molecule has 2 N–H and O–H groups in total. The van der Waals surface area contributed by atoms with Crippen LogP contribution in [0.2, 0.25) is 10.0 Å². The van der Waals surface area contributed by atoms with Crippen LogP contribution in [-0.2, 0) is 22.6 Å². The van der Waals surface area contributed by atoms with Crippen molar-refractivity contribution in [1.29, 1.82) is 0 Å². The molecule has 2 rings (SSSR count). The fourth-order valence-electron chi connectivity index (χ4n) is 2.06. The van der Waals surface area contributed by atoms with Crippen molar-refractivity contribution in [3.63, 3.8) is 0 Å². The molecule has 8 heteroatoms. The highest BCUT2D eigenvalue weighted by Gasteiger charge is 2.12. The summed E-state index contributed by atoms with van der Waals surface area (Å²) >= 11 is 12.0. The van der Waals surface area contributed by atoms with Crippen LogP contribution in [0.1, 0.15) is 17.0 Å². The van der Waals surface area contributed by atoms with Crippen LogP contribution in [0.4, 0.5) is 0 Å². The summed E-state index contributed by atoms with van der Waals surface area (Å²) in [5.41, 5.74) is 6.89. The van der Waals surface area contributed by atoms with E-state index in [1.165, 1.54) is 0 Å². The first-order valence-corrected chi connectivity index (χ1v) is 7.64. The second kappa shape index (κ2) is 7.48. The number of benzene rings is 1. The summed E-state index contributed by atoms with van der Waals surface area (Å²) in [5.74, 6) is -0.795. The number of carbonyl (C=O) groups excluding carboxylic acids is 2. The topological polar surface area (TPSA) is 76.0 Å². The van der Waals surface area contributed by atoms with E-state index < -0.39 is 5.91 Å². The van der Waals surface area contributed by atoms with Crippen LogP contribution < -0.4 is 10.9 Å². The van der Waals surface area contributed by atoms with Crippen molar-refractivity contribution in [1.82, 2.24) is 20.6 Å². The summed E-state index contributed by atoms with van der Waals surface area (Å²) in [6.07, 6.45) is -0.0291. The highest BCUT2D eigenvalue weighted by Crippen LogP contribution is 2.24. The Labute approximate surface area is 143 Å². The Morgan fingerprint density at radius 2 is 1.74 bits per heavy atom. The zero-order chi connectivity index (χ0) is 17.0. The molecule has 0 spiro atoms. The monoisotopic (exact) mass is 354 g/mol. The Balaban J connectivity index is 1.87. The van der Waals surface area contributed by atoms with Gasteiger partial charge < -0.3 is 0 Å². The first-order valence-electron chi connectivity index (χ1n) is 6.88. The van der Waals surface area contributed by atoms with E-state index in [1.54, 1.807) is 22.9 Å². The van der Waals surface area contributed by atoms with Gasteiger partial charge in [0.1, 0.15) is 6.54 Å². The summed E-state index contributed by atoms with van der Waals surface area (Å²) in [6.45, 7) is 3.72. The number of hydrogen-bond acceptors (Lipinski definition) is 3. The molecule has 0 atom stereocenters. The molecule has 0 aliphatic rings. The van der Waals surface area contributed by atoms with E-state index in [0.29, 0.717) is 15.6 Å². The summed E-state index contributed by atoms with van der Waals surface area (Å²) in [6, 6.07) is 6.86. The lowest BCUT2D eigenvalue weighted by molar-refractivity contribution is -0.129. The highest BCUT2D eigenvalue weighted by atomic mass is 35.5. The molecule has 1 heterocycles. The SMILES string of the molecule is Cc1cc(C)n(CC(=O)NNC(=O)Cc2c(Cl)cccc2Cl)n1. The number of hydrogen-bond donors (Lipinski definition) is 2. The molecule has 0 aliphatic heterocycles. The van der Waals surface area contributed by atoms with Gasteiger partial charge in [0, 0.05) is 15.7 Å². The second-order valence-corrected chi connectivity index (χ2v) is 5.87. The van der Waals surface area contributed by atoms with E-state index in [9.17, 15) is 9.59 Å². The molecule has 23 heavy (non-hydrogen) atoms. The molecule has 0 bridgehead atoms. The maximum absolute atomic E-state index is 11.9. The predicted molar refractivity (Wildman–Crippen MR) is 88.2 cm³/mol. The Morgan fingerprint density at radius 3 is 2.30 bits per heavy atom. The van der Waals surface area contributed by atoms with Gasteiger partial charge >= 0.3 is 0 Å². The summed E-state index contributed by atoms with van der Waals surface area (Å²) in [7, 11) is 0. The second-order valence-electron chi connectivity index (χ2n) is 5.06. The predicted octanol–water partition coefficient (Wildman–Crippen LogP) is 2.20. The molecule has 2 aromatic rings. The van der Waals surface area contributed by atoms with Gasteiger partial charge in [0.15, 0.2) is 0 Å². The quantitative estimate of drug-likeness (QED) is 0.826. The van der Waals surface area contributed by atoms with E-state index in [2.05, 4.69) is 16.0 Å². The van der Waals surface area contributed by atoms with E-state index in [-0.39, 0.29) is 18.9 Å². The third-order valence-corrected chi connectivity index (χ3v) is 3.85. The molecule has 122 valence electrons. The van der Waals surface area contributed by atoms with E-state index in [0.717, 1.165) is 11.4 Å². The van der Waals surface area contributed by atoms with Crippen molar-refractivity contribution < 1.29 is 9.59 Å². The molecule has 0 saturated heterocycles. The van der Waals surface area contributed by atoms with Crippen molar-refractivity contribution in [2.45, 2.75) is 26.8 Å². The Kier molecular flexibility index (Phi) is 5.63. The summed E-state index contributed by atoms with van der Waals surface area (Å²) in [4.78, 5) is 23.7. The minimum atomic E-state index is -0.415. The van der Waals surface area contributed by atoms with Gasteiger partial charge in [-0.1, -0.05) is 29.3 Å². The molecular weight excluding hydrogens is 339 g/mol. The largest absolute Gasteiger partial charge is 0.273 e. The Bertz CT molecular complexity index is 723. The van der Waals surface area contributed by atoms with Crippen molar-refractivity contribution in [3.05, 3.63) is 51.3 Å². The standard InChI is InChI=1S/C15H16Cl2N4O2/c1-9-6-10(2)21(20-9)8-15(23)19-18-14(22)7-11-12(16)4-3-5-13(11)17/h3-6H,7-8H2,1-2H3,(H,18,22)(H,19,23). The minimum absolute atomic E-state index is 0.0206. The van der Waals surface area contributed by atoms with Gasteiger partial charge in [0.2, 0.25) is 5.91 Å². The van der Waals surface area contributed by atoms with E-state index >= 15 is 0 Å². The van der Waals surface area contributed by atoms with Crippen molar-refractivity contribution >= 4 is 35.0 Å². The summed E-state index contributed by atoms with van der Waals surface area (Å²) in [5, 5.41) is 4.99. The molecule has 1 aromatic carbocycles. The first-order chi connectivity index (χ1) is 10.9. The van der Waals surface area contributed by atoms with Gasteiger partial charge in [0.25, 0.3) is 5.91 Å². The lowest BCUT2D eigenvalue weighted by atomic mass is 10.1. The van der Waals surface area contributed by atoms with Crippen LogP contribution in [0.5, 0.6) is 0 Å². The van der Waals surface area contributed by atoms with Gasteiger partial charge in [-0.15, -0.1) is 0 Å². The third-order valence-electron chi connectivity index (χ3n) is 3.14. The fraction of sp³-hybridized carbons (Fsp3) is 0.267. The molecular formula is C15H16Cl2N4O2. The highest BCUT2D eigenvalue weighted by molar-refractivity contribution is 6.36. The average molecular weight is 355 g/mol. The Morgan fingerprint density at radius 1 is 1.13 bits per heavy atom. The van der Waals surface area contributed by atoms with Crippen molar-refractivity contribution in [2.75, 3.05) is 0 Å². The number of nitrogens with zero attached hydrogens (tertiary/aromatic N) is 2. The molecule has 0 fully saturated rings. The van der Waals surface area contributed by atoms with Crippen LogP contribution in [0.25, 0.3) is 0 Å². The number of halogens is 2. The van der Waals surface area contributed by atoms with Gasteiger partial charge in [0.05, 0.1) is 12.1 Å². The van der Waals surface area contributed by atoms with Crippen LogP contribution in [-0.4, -0.2) is 21.6 Å². The number of hydrazine groups is 1. The van der Waals surface area contributed by atoms with Crippen LogP contribution in [0.15, 0.2) is 24.3 Å². The molecule has 0 unspecified atom stereocenters. The number of aromatic nitrogens is 2. The lowest BCUT2D eigenvalue weighted by Crippen LogP contribution is -2.44. The zero-order valence-corrected chi connectivity index (χ0v) is 14.2. The molecule has 1 aromatic heterocycles. The fourth-order valence-corrected chi connectivity index (χ4v) is 2.59. The van der Waals surface area contributed by atoms with Crippen LogP contribution >= 0.6 is 23.2 Å². The number of carbonyl (C=O) groups is 2. The zero-order valence-electron chi connectivity index (χ0n) is 12.7. The molecule has 0 radical (unpaired) electrons. The smallest absolute Gasteiger partial charge is 0.260 e. The van der Waals surface area contributed by atoms with Gasteiger partial charge in [-0.25, -0.2) is 0 Å². The summed E-state index contributed by atoms with van der Waals surface area (Å²) < 4.78 is 1.56. The Hall–Kier alpha value is -2.05. The number of rotatable bonds is 4. The normalized spacial score (nSPS) is 10.4. The molecule has 6 nitrogen and oxygen atoms in total. The number of amides is 2. The number of nitrogens with one attached hydrogen (secondary N) is 2. The van der Waals surface area contributed by atoms with Crippen molar-refractivity contribution in [3.8, 4) is 0 Å². The van der Waals surface area contributed by atoms with Crippen molar-refractivity contribution in [2.24, 2.45) is 0 Å². The van der Waals surface area contributed by atoms with Crippen LogP contribution in [0.3, 0.4) is 0 Å². The van der Waals surface area contributed by atoms with E-state index in [1.807, 2.05) is 19.9 Å². The van der Waals surface area contributed by atoms with Gasteiger partial charge in [-0.3, -0.25) is 25.1 Å². The van der Waals surface area contributed by atoms with E-state index in [4.69, 9.17) is 23.2 Å². The van der Waals surface area contributed by atoms with Gasteiger partial charge in [-0.2, -0.15) is 5.10 Å². The molecule has 0 aliphatic carbocycles. The number of aryl methyl sites for hydroxylation is 2. The average Bonchev–Trinajstić information content (AvgIpc) is 2.79. The van der Waals surface area contributed by atoms with Crippen LogP contribution in [0, 0.1) is 13.8 Å². The molecule has 0 saturated carbocycles. The molecule has 2 amide bonds. The third kappa shape index (κ3) is 4.71. The maximum atomic E-state index is 11.9. The first kappa shape index (κ1) is 17.3.